The van der Waals surface area contributed by atoms with Gasteiger partial charge in [-0.15, -0.1) is 0 Å². The standard InChI is InChI=1S/C11H17N3S/c1-8-11(13-6-5-12-8)14-9-3-4-10(7-9)15-2/h5-6,9-10H,3-4,7H2,1-2H3,(H,13,14). The van der Waals surface area contributed by atoms with E-state index in [4.69, 9.17) is 0 Å². The van der Waals surface area contributed by atoms with Gasteiger partial charge in [-0.25, -0.2) is 4.98 Å². The summed E-state index contributed by atoms with van der Waals surface area (Å²) in [5.41, 5.74) is 0.991. The zero-order chi connectivity index (χ0) is 10.7. The quantitative estimate of drug-likeness (QED) is 0.854. The number of aromatic nitrogens is 2. The van der Waals surface area contributed by atoms with Crippen LogP contribution in [0, 0.1) is 6.92 Å². The van der Waals surface area contributed by atoms with E-state index in [1.54, 1.807) is 12.4 Å². The van der Waals surface area contributed by atoms with Crippen molar-refractivity contribution in [2.24, 2.45) is 0 Å². The van der Waals surface area contributed by atoms with E-state index in [0.29, 0.717) is 6.04 Å². The van der Waals surface area contributed by atoms with Gasteiger partial charge in [0.1, 0.15) is 5.82 Å². The maximum absolute atomic E-state index is 4.31. The minimum Gasteiger partial charge on any atom is -0.366 e. The second-order valence-corrected chi connectivity index (χ2v) is 5.14. The Morgan fingerprint density at radius 3 is 2.80 bits per heavy atom. The molecule has 1 saturated carbocycles. The summed E-state index contributed by atoms with van der Waals surface area (Å²) in [6.07, 6.45) is 9.49. The predicted molar refractivity (Wildman–Crippen MR) is 65.3 cm³/mol. The fourth-order valence-corrected chi connectivity index (χ4v) is 2.82. The number of rotatable bonds is 3. The largest absolute Gasteiger partial charge is 0.366 e. The minimum absolute atomic E-state index is 0.581. The van der Waals surface area contributed by atoms with Crippen LogP contribution in [0.4, 0.5) is 5.82 Å². The lowest BCUT2D eigenvalue weighted by molar-refractivity contribution is 0.749. The fourth-order valence-electron chi connectivity index (χ4n) is 2.03. The molecule has 1 aromatic rings. The Morgan fingerprint density at radius 1 is 1.33 bits per heavy atom. The van der Waals surface area contributed by atoms with Crippen LogP contribution in [0.3, 0.4) is 0 Å². The zero-order valence-corrected chi connectivity index (χ0v) is 10.0. The molecule has 82 valence electrons. The van der Waals surface area contributed by atoms with Gasteiger partial charge in [-0.2, -0.15) is 11.8 Å². The van der Waals surface area contributed by atoms with E-state index in [1.807, 2.05) is 18.7 Å². The summed E-state index contributed by atoms with van der Waals surface area (Å²) in [4.78, 5) is 8.54. The smallest absolute Gasteiger partial charge is 0.147 e. The van der Waals surface area contributed by atoms with Gasteiger partial charge in [0.25, 0.3) is 0 Å². The van der Waals surface area contributed by atoms with Crippen LogP contribution in [0.2, 0.25) is 0 Å². The van der Waals surface area contributed by atoms with Crippen molar-refractivity contribution in [3.05, 3.63) is 18.1 Å². The first-order valence-electron chi connectivity index (χ1n) is 5.36. The average Bonchev–Trinajstić information content (AvgIpc) is 2.69. The van der Waals surface area contributed by atoms with Crippen LogP contribution in [0.15, 0.2) is 12.4 Å². The van der Waals surface area contributed by atoms with E-state index in [-0.39, 0.29) is 0 Å². The molecule has 0 spiro atoms. The van der Waals surface area contributed by atoms with Crippen LogP contribution in [-0.4, -0.2) is 27.5 Å². The molecule has 15 heavy (non-hydrogen) atoms. The first-order chi connectivity index (χ1) is 7.29. The van der Waals surface area contributed by atoms with E-state index in [0.717, 1.165) is 16.8 Å². The molecule has 1 aromatic heterocycles. The van der Waals surface area contributed by atoms with Crippen molar-refractivity contribution in [2.75, 3.05) is 11.6 Å². The van der Waals surface area contributed by atoms with Gasteiger partial charge in [-0.05, 0) is 32.4 Å². The highest BCUT2D eigenvalue weighted by atomic mass is 32.2. The average molecular weight is 223 g/mol. The lowest BCUT2D eigenvalue weighted by atomic mass is 10.2. The molecular formula is C11H17N3S. The normalized spacial score (nSPS) is 25.5. The Hall–Kier alpha value is -0.770. The first-order valence-corrected chi connectivity index (χ1v) is 6.65. The number of hydrogen-bond donors (Lipinski definition) is 1. The fraction of sp³-hybridized carbons (Fsp3) is 0.636. The lowest BCUT2D eigenvalue weighted by Crippen LogP contribution is -2.17. The van der Waals surface area contributed by atoms with Crippen LogP contribution in [0.25, 0.3) is 0 Å². The van der Waals surface area contributed by atoms with E-state index in [2.05, 4.69) is 21.5 Å². The number of anilines is 1. The summed E-state index contributed by atoms with van der Waals surface area (Å²) in [6, 6.07) is 0.581. The maximum Gasteiger partial charge on any atom is 0.147 e. The van der Waals surface area contributed by atoms with Crippen LogP contribution in [0.5, 0.6) is 0 Å². The second kappa shape index (κ2) is 4.84. The van der Waals surface area contributed by atoms with E-state index in [1.165, 1.54) is 19.3 Å². The summed E-state index contributed by atoms with van der Waals surface area (Å²) >= 11 is 1.97. The van der Waals surface area contributed by atoms with Gasteiger partial charge in [0.2, 0.25) is 0 Å². The van der Waals surface area contributed by atoms with Gasteiger partial charge in [0.05, 0.1) is 5.69 Å². The Balaban J connectivity index is 1.96. The molecule has 0 saturated heterocycles. The van der Waals surface area contributed by atoms with Gasteiger partial charge < -0.3 is 5.32 Å². The van der Waals surface area contributed by atoms with Crippen LogP contribution >= 0.6 is 11.8 Å². The second-order valence-electron chi connectivity index (χ2n) is 4.00. The molecule has 0 amide bonds. The summed E-state index contributed by atoms with van der Waals surface area (Å²) in [6.45, 7) is 2.00. The summed E-state index contributed by atoms with van der Waals surface area (Å²) < 4.78 is 0. The molecule has 1 aliphatic carbocycles. The number of hydrogen-bond acceptors (Lipinski definition) is 4. The molecule has 0 aromatic carbocycles. The van der Waals surface area contributed by atoms with Crippen molar-refractivity contribution < 1.29 is 0 Å². The molecule has 0 bridgehead atoms. The third kappa shape index (κ3) is 2.62. The first kappa shape index (κ1) is 10.7. The van der Waals surface area contributed by atoms with Crippen LogP contribution in [-0.2, 0) is 0 Å². The lowest BCUT2D eigenvalue weighted by Gasteiger charge is -2.14. The highest BCUT2D eigenvalue weighted by molar-refractivity contribution is 7.99. The van der Waals surface area contributed by atoms with Crippen molar-refractivity contribution in [1.82, 2.24) is 9.97 Å². The molecular weight excluding hydrogens is 206 g/mol. The van der Waals surface area contributed by atoms with Crippen LogP contribution in [0.1, 0.15) is 25.0 Å². The zero-order valence-electron chi connectivity index (χ0n) is 9.23. The predicted octanol–water partition coefficient (Wildman–Crippen LogP) is 2.48. The van der Waals surface area contributed by atoms with Gasteiger partial charge in [-0.1, -0.05) is 0 Å². The number of thioether (sulfide) groups is 1. The Morgan fingerprint density at radius 2 is 2.13 bits per heavy atom. The van der Waals surface area contributed by atoms with E-state index < -0.39 is 0 Å². The maximum atomic E-state index is 4.31. The molecule has 4 heteroatoms. The molecule has 1 N–H and O–H groups in total. The van der Waals surface area contributed by atoms with Gasteiger partial charge in [0.15, 0.2) is 0 Å². The van der Waals surface area contributed by atoms with Crippen molar-refractivity contribution >= 4 is 17.6 Å². The van der Waals surface area contributed by atoms with Gasteiger partial charge in [-0.3, -0.25) is 4.98 Å². The summed E-state index contributed by atoms with van der Waals surface area (Å²) in [5, 5.41) is 4.31. The minimum atomic E-state index is 0.581. The van der Waals surface area contributed by atoms with E-state index >= 15 is 0 Å². The molecule has 0 aliphatic heterocycles. The highest BCUT2D eigenvalue weighted by Crippen LogP contribution is 2.30. The highest BCUT2D eigenvalue weighted by Gasteiger charge is 2.24. The van der Waals surface area contributed by atoms with Gasteiger partial charge >= 0.3 is 0 Å². The molecule has 2 atom stereocenters. The van der Waals surface area contributed by atoms with Crippen molar-refractivity contribution in [1.29, 1.82) is 0 Å². The number of nitrogens with zero attached hydrogens (tertiary/aromatic N) is 2. The summed E-state index contributed by atoms with van der Waals surface area (Å²) in [5.74, 6) is 0.948. The van der Waals surface area contributed by atoms with E-state index in [9.17, 15) is 0 Å². The monoisotopic (exact) mass is 223 g/mol. The number of nitrogens with one attached hydrogen (secondary N) is 1. The molecule has 1 aliphatic rings. The SMILES string of the molecule is CSC1CCC(Nc2nccnc2C)C1. The van der Waals surface area contributed by atoms with Crippen molar-refractivity contribution in [2.45, 2.75) is 37.5 Å². The molecule has 2 unspecified atom stereocenters. The third-order valence-corrected chi connectivity index (χ3v) is 4.03. The molecule has 0 radical (unpaired) electrons. The Bertz CT molecular complexity index is 329. The van der Waals surface area contributed by atoms with Gasteiger partial charge in [0, 0.05) is 23.7 Å². The topological polar surface area (TPSA) is 37.8 Å². The Kier molecular flexibility index (Phi) is 3.46. The summed E-state index contributed by atoms with van der Waals surface area (Å²) in [7, 11) is 0. The molecule has 1 heterocycles. The molecule has 1 fully saturated rings. The molecule has 2 rings (SSSR count). The van der Waals surface area contributed by atoms with Crippen molar-refractivity contribution in [3.8, 4) is 0 Å². The molecule has 3 nitrogen and oxygen atoms in total. The van der Waals surface area contributed by atoms with Crippen LogP contribution < -0.4 is 5.32 Å². The Labute approximate surface area is 95.1 Å². The van der Waals surface area contributed by atoms with Crippen molar-refractivity contribution in [3.63, 3.8) is 0 Å². The number of aryl methyl sites for hydroxylation is 1. The third-order valence-electron chi connectivity index (χ3n) is 2.94.